The van der Waals surface area contributed by atoms with E-state index in [1.165, 1.54) is 6.07 Å². The van der Waals surface area contributed by atoms with Crippen LogP contribution in [-0.2, 0) is 4.79 Å². The Hall–Kier alpha value is -1.13. The first-order valence-electron chi connectivity index (χ1n) is 10.4. The molecule has 1 aromatic rings. The predicted octanol–water partition coefficient (Wildman–Crippen LogP) is 3.40. The van der Waals surface area contributed by atoms with Gasteiger partial charge in [0.05, 0.1) is 6.04 Å². The molecular weight excluding hydrogens is 520 g/mol. The van der Waals surface area contributed by atoms with E-state index in [1.807, 2.05) is 0 Å². The third kappa shape index (κ3) is 6.43. The Bertz CT molecular complexity index is 724. The molecule has 6 nitrogen and oxygen atoms in total. The Morgan fingerprint density at radius 1 is 1.33 bits per heavy atom. The fraction of sp³-hybridized carbons (Fsp3) is 0.619. The minimum atomic E-state index is -0.273. The molecule has 1 aromatic carbocycles. The molecule has 1 amide bonds. The van der Waals surface area contributed by atoms with E-state index in [2.05, 4.69) is 20.1 Å². The number of guanidine groups is 1. The monoisotopic (exact) mass is 551 g/mol. The number of hydrogen-bond acceptors (Lipinski definition) is 3. The van der Waals surface area contributed by atoms with E-state index < -0.39 is 0 Å². The number of aliphatic imine (C=N–C) groups is 1. The zero-order valence-electron chi connectivity index (χ0n) is 17.4. The van der Waals surface area contributed by atoms with E-state index in [9.17, 15) is 9.18 Å². The van der Waals surface area contributed by atoms with Crippen molar-refractivity contribution in [3.8, 4) is 0 Å². The number of carbonyl (C=O) groups excluding carboxylic acids is 1. The van der Waals surface area contributed by atoms with E-state index >= 15 is 0 Å². The highest BCUT2D eigenvalue weighted by Crippen LogP contribution is 2.32. The quantitative estimate of drug-likeness (QED) is 0.323. The van der Waals surface area contributed by atoms with Crippen molar-refractivity contribution in [1.29, 1.82) is 0 Å². The predicted molar refractivity (Wildman–Crippen MR) is 130 cm³/mol. The number of carbonyl (C=O) groups is 1. The molecule has 2 heterocycles. The van der Waals surface area contributed by atoms with Gasteiger partial charge < -0.3 is 16.0 Å². The van der Waals surface area contributed by atoms with Crippen LogP contribution >= 0.6 is 35.6 Å². The van der Waals surface area contributed by atoms with Crippen LogP contribution < -0.4 is 11.1 Å². The summed E-state index contributed by atoms with van der Waals surface area (Å²) in [5.41, 5.74) is 5.93. The summed E-state index contributed by atoms with van der Waals surface area (Å²) in [5.74, 6) is 0.486. The topological polar surface area (TPSA) is 74.0 Å². The average molecular weight is 552 g/mol. The van der Waals surface area contributed by atoms with Crippen LogP contribution in [0.3, 0.4) is 0 Å². The van der Waals surface area contributed by atoms with Gasteiger partial charge in [-0.3, -0.25) is 14.7 Å². The summed E-state index contributed by atoms with van der Waals surface area (Å²) in [5, 5.41) is 3.89. The highest BCUT2D eigenvalue weighted by Gasteiger charge is 2.29. The van der Waals surface area contributed by atoms with Crippen molar-refractivity contribution in [1.82, 2.24) is 15.1 Å². The summed E-state index contributed by atoms with van der Waals surface area (Å²) in [4.78, 5) is 20.2. The van der Waals surface area contributed by atoms with Crippen LogP contribution in [0, 0.1) is 11.7 Å². The maximum Gasteiger partial charge on any atom is 0.217 e. The van der Waals surface area contributed by atoms with E-state index in [4.69, 9.17) is 17.3 Å². The maximum atomic E-state index is 14.7. The van der Waals surface area contributed by atoms with Crippen molar-refractivity contribution >= 4 is 47.4 Å². The van der Waals surface area contributed by atoms with Crippen LogP contribution in [0.4, 0.5) is 4.39 Å². The molecular formula is C21H32ClFIN5O. The van der Waals surface area contributed by atoms with Gasteiger partial charge >= 0.3 is 0 Å². The second-order valence-electron chi connectivity index (χ2n) is 7.95. The first kappa shape index (κ1) is 25.1. The molecule has 0 saturated carbocycles. The number of piperidine rings is 1. The summed E-state index contributed by atoms with van der Waals surface area (Å²) in [6.07, 6.45) is 4.61. The maximum absolute atomic E-state index is 14.7. The molecule has 2 unspecified atom stereocenters. The molecule has 3 N–H and O–H groups in total. The number of amides is 1. The second kappa shape index (κ2) is 12.0. The molecule has 0 aliphatic carbocycles. The number of nitrogens with zero attached hydrogens (tertiary/aromatic N) is 3. The SMILES string of the molecule is CN=C(NCC(c1c(F)cccc1Cl)N1CCCC1)N1CCCC(CC(N)=O)C1.I. The number of halogens is 3. The van der Waals surface area contributed by atoms with Crippen molar-refractivity contribution in [2.75, 3.05) is 39.8 Å². The summed E-state index contributed by atoms with van der Waals surface area (Å²) in [6, 6.07) is 4.70. The first-order chi connectivity index (χ1) is 14.0. The van der Waals surface area contributed by atoms with Crippen LogP contribution in [0.25, 0.3) is 0 Å². The van der Waals surface area contributed by atoms with Crippen LogP contribution in [-0.4, -0.2) is 61.4 Å². The highest BCUT2D eigenvalue weighted by atomic mass is 127. The number of likely N-dealkylation sites (tertiary alicyclic amines) is 2. The van der Waals surface area contributed by atoms with Crippen molar-refractivity contribution in [3.63, 3.8) is 0 Å². The van der Waals surface area contributed by atoms with Crippen molar-refractivity contribution < 1.29 is 9.18 Å². The lowest BCUT2D eigenvalue weighted by Gasteiger charge is -2.36. The molecule has 2 aliphatic heterocycles. The van der Waals surface area contributed by atoms with Crippen LogP contribution in [0.1, 0.15) is 43.7 Å². The molecule has 2 fully saturated rings. The number of nitrogens with one attached hydrogen (secondary N) is 1. The number of primary amides is 1. The standard InChI is InChI=1S/C21H31ClFN5O.HI/c1-25-21(28-11-5-6-15(14-28)12-19(24)29)26-13-18(27-9-2-3-10-27)20-16(22)7-4-8-17(20)23;/h4,7-8,15,18H,2-3,5-6,9-14H2,1H3,(H2,24,29)(H,25,26);1H. The molecule has 2 atom stereocenters. The fourth-order valence-electron chi connectivity index (χ4n) is 4.52. The van der Waals surface area contributed by atoms with Gasteiger partial charge in [-0.1, -0.05) is 17.7 Å². The summed E-state index contributed by atoms with van der Waals surface area (Å²) in [6.45, 7) is 4.01. The Balaban J connectivity index is 0.00000320. The molecule has 30 heavy (non-hydrogen) atoms. The van der Waals surface area contributed by atoms with Gasteiger partial charge in [-0.15, -0.1) is 24.0 Å². The van der Waals surface area contributed by atoms with E-state index in [0.29, 0.717) is 23.6 Å². The lowest BCUT2D eigenvalue weighted by Crippen LogP contribution is -2.49. The number of benzene rings is 1. The van der Waals surface area contributed by atoms with E-state index in [1.54, 1.807) is 19.2 Å². The minimum Gasteiger partial charge on any atom is -0.370 e. The highest BCUT2D eigenvalue weighted by molar-refractivity contribution is 14.0. The van der Waals surface area contributed by atoms with Gasteiger partial charge in [0.15, 0.2) is 5.96 Å². The lowest BCUT2D eigenvalue weighted by molar-refractivity contribution is -0.119. The molecule has 2 aliphatic rings. The normalized spacial score (nSPS) is 21.2. The van der Waals surface area contributed by atoms with Gasteiger partial charge in [-0.2, -0.15) is 0 Å². The summed E-state index contributed by atoms with van der Waals surface area (Å²) < 4.78 is 14.7. The van der Waals surface area contributed by atoms with Crippen molar-refractivity contribution in [2.45, 2.75) is 38.1 Å². The van der Waals surface area contributed by atoms with Crippen LogP contribution in [0.5, 0.6) is 0 Å². The van der Waals surface area contributed by atoms with Crippen molar-refractivity contribution in [2.24, 2.45) is 16.6 Å². The third-order valence-corrected chi connectivity index (χ3v) is 6.22. The van der Waals surface area contributed by atoms with Gasteiger partial charge in [0, 0.05) is 43.7 Å². The molecule has 2 saturated heterocycles. The Morgan fingerprint density at radius 3 is 2.70 bits per heavy atom. The Kier molecular flexibility index (Phi) is 10.1. The van der Waals surface area contributed by atoms with Gasteiger partial charge in [-0.25, -0.2) is 4.39 Å². The molecule has 0 radical (unpaired) electrons. The van der Waals surface area contributed by atoms with Gasteiger partial charge in [0.1, 0.15) is 5.82 Å². The van der Waals surface area contributed by atoms with Crippen LogP contribution in [0.2, 0.25) is 5.02 Å². The third-order valence-electron chi connectivity index (χ3n) is 5.89. The summed E-state index contributed by atoms with van der Waals surface area (Å²) >= 11 is 6.39. The van der Waals surface area contributed by atoms with Gasteiger partial charge in [0.2, 0.25) is 5.91 Å². The molecule has 168 valence electrons. The molecule has 0 aromatic heterocycles. The zero-order valence-corrected chi connectivity index (χ0v) is 20.5. The first-order valence-corrected chi connectivity index (χ1v) is 10.8. The van der Waals surface area contributed by atoms with E-state index in [0.717, 1.165) is 57.8 Å². The van der Waals surface area contributed by atoms with Crippen LogP contribution in [0.15, 0.2) is 23.2 Å². The number of hydrogen-bond donors (Lipinski definition) is 2. The van der Waals surface area contributed by atoms with Crippen molar-refractivity contribution in [3.05, 3.63) is 34.6 Å². The van der Waals surface area contributed by atoms with Gasteiger partial charge in [0.25, 0.3) is 0 Å². The van der Waals surface area contributed by atoms with E-state index in [-0.39, 0.29) is 47.7 Å². The minimum absolute atomic E-state index is 0. The lowest BCUT2D eigenvalue weighted by atomic mass is 9.95. The molecule has 0 bridgehead atoms. The number of rotatable bonds is 6. The average Bonchev–Trinajstić information content (AvgIpc) is 3.21. The zero-order chi connectivity index (χ0) is 20.8. The fourth-order valence-corrected chi connectivity index (χ4v) is 4.81. The Labute approximate surface area is 200 Å². The smallest absolute Gasteiger partial charge is 0.217 e. The Morgan fingerprint density at radius 2 is 2.07 bits per heavy atom. The largest absolute Gasteiger partial charge is 0.370 e. The number of nitrogens with two attached hydrogens (primary N) is 1. The van der Waals surface area contributed by atoms with Gasteiger partial charge in [-0.05, 0) is 56.8 Å². The summed E-state index contributed by atoms with van der Waals surface area (Å²) in [7, 11) is 1.75. The second-order valence-corrected chi connectivity index (χ2v) is 8.35. The molecule has 0 spiro atoms. The molecule has 9 heteroatoms. The molecule has 3 rings (SSSR count).